The molecule has 0 bridgehead atoms. The maximum atomic E-state index is 12.9. The molecular weight excluding hydrogens is 375 g/mol. The van der Waals surface area contributed by atoms with Gasteiger partial charge in [0.25, 0.3) is 0 Å². The molecule has 150 valence electrons. The summed E-state index contributed by atoms with van der Waals surface area (Å²) in [6, 6.07) is 4.41. The van der Waals surface area contributed by atoms with Gasteiger partial charge < -0.3 is 15.2 Å². The van der Waals surface area contributed by atoms with E-state index in [1.807, 2.05) is 0 Å². The van der Waals surface area contributed by atoms with Gasteiger partial charge in [-0.3, -0.25) is 4.79 Å². The van der Waals surface area contributed by atoms with Crippen molar-refractivity contribution in [2.24, 2.45) is 5.92 Å². The van der Waals surface area contributed by atoms with Crippen LogP contribution < -0.4 is 10.0 Å². The van der Waals surface area contributed by atoms with Crippen LogP contribution in [0.5, 0.6) is 0 Å². The SMILES string of the molecule is O=C(N[C@@H]1CC[C@@H](CCNS(=O)(=O)c2ccc(F)cc2)O[C@@H]1CO)C1CC1. The highest BCUT2D eigenvalue weighted by molar-refractivity contribution is 7.89. The summed E-state index contributed by atoms with van der Waals surface area (Å²) < 4.78 is 45.6. The zero-order valence-corrected chi connectivity index (χ0v) is 15.8. The fraction of sp³-hybridized carbons (Fsp3) is 0.611. The highest BCUT2D eigenvalue weighted by Crippen LogP contribution is 2.30. The average molecular weight is 400 g/mol. The van der Waals surface area contributed by atoms with Crippen LogP contribution in [0.3, 0.4) is 0 Å². The van der Waals surface area contributed by atoms with E-state index < -0.39 is 21.9 Å². The van der Waals surface area contributed by atoms with Crippen molar-refractivity contribution in [3.05, 3.63) is 30.1 Å². The standard InChI is InChI=1S/C18H25FN2O5S/c19-13-3-6-15(7-4-13)27(24,25)20-10-9-14-5-8-16(17(11-22)26-14)21-18(23)12-1-2-12/h3-4,6-7,12,14,16-17,20,22H,1-2,5,8-11H2,(H,21,23)/t14-,16+,17+/m0/s1. The van der Waals surface area contributed by atoms with E-state index in [0.29, 0.717) is 19.3 Å². The Balaban J connectivity index is 1.46. The first-order valence-corrected chi connectivity index (χ1v) is 10.7. The van der Waals surface area contributed by atoms with Gasteiger partial charge in [0.2, 0.25) is 15.9 Å². The van der Waals surface area contributed by atoms with Crippen molar-refractivity contribution in [3.63, 3.8) is 0 Å². The molecule has 3 N–H and O–H groups in total. The van der Waals surface area contributed by atoms with Crippen molar-refractivity contribution >= 4 is 15.9 Å². The Morgan fingerprint density at radius 3 is 2.52 bits per heavy atom. The van der Waals surface area contributed by atoms with E-state index in [0.717, 1.165) is 25.0 Å². The quantitative estimate of drug-likeness (QED) is 0.602. The number of halogens is 1. The second-order valence-electron chi connectivity index (χ2n) is 7.09. The summed E-state index contributed by atoms with van der Waals surface area (Å²) in [5, 5.41) is 12.5. The topological polar surface area (TPSA) is 105 Å². The summed E-state index contributed by atoms with van der Waals surface area (Å²) in [6.07, 6.45) is 2.94. The van der Waals surface area contributed by atoms with E-state index in [-0.39, 0.29) is 42.0 Å². The minimum absolute atomic E-state index is 0.00421. The Morgan fingerprint density at radius 1 is 1.19 bits per heavy atom. The average Bonchev–Trinajstić information content (AvgIpc) is 3.48. The lowest BCUT2D eigenvalue weighted by Gasteiger charge is -2.36. The summed E-state index contributed by atoms with van der Waals surface area (Å²) in [5.74, 6) is -0.376. The number of rotatable bonds is 8. The van der Waals surface area contributed by atoms with Crippen molar-refractivity contribution in [2.75, 3.05) is 13.2 Å². The molecule has 3 rings (SSSR count). The molecule has 1 heterocycles. The maximum Gasteiger partial charge on any atom is 0.240 e. The summed E-state index contributed by atoms with van der Waals surface area (Å²) in [5.41, 5.74) is 0. The fourth-order valence-electron chi connectivity index (χ4n) is 3.21. The van der Waals surface area contributed by atoms with Gasteiger partial charge in [-0.25, -0.2) is 17.5 Å². The van der Waals surface area contributed by atoms with Crippen molar-refractivity contribution in [1.82, 2.24) is 10.0 Å². The molecule has 1 amide bonds. The van der Waals surface area contributed by atoms with Crippen LogP contribution in [-0.4, -0.2) is 50.8 Å². The van der Waals surface area contributed by atoms with E-state index in [9.17, 15) is 22.7 Å². The smallest absolute Gasteiger partial charge is 0.240 e. The fourth-order valence-corrected chi connectivity index (χ4v) is 4.25. The van der Waals surface area contributed by atoms with Crippen LogP contribution in [0.4, 0.5) is 4.39 Å². The van der Waals surface area contributed by atoms with Gasteiger partial charge >= 0.3 is 0 Å². The molecule has 1 aliphatic carbocycles. The van der Waals surface area contributed by atoms with Crippen LogP contribution in [0.1, 0.15) is 32.1 Å². The minimum atomic E-state index is -3.70. The van der Waals surface area contributed by atoms with Crippen molar-refractivity contribution in [3.8, 4) is 0 Å². The third kappa shape index (κ3) is 5.47. The molecular formula is C18H25FN2O5S. The first-order chi connectivity index (χ1) is 12.9. The van der Waals surface area contributed by atoms with E-state index in [2.05, 4.69) is 10.0 Å². The number of ether oxygens (including phenoxy) is 1. The van der Waals surface area contributed by atoms with E-state index in [1.54, 1.807) is 0 Å². The summed E-state index contributed by atoms with van der Waals surface area (Å²) in [4.78, 5) is 11.9. The molecule has 0 unspecified atom stereocenters. The van der Waals surface area contributed by atoms with Crippen LogP contribution in [0.2, 0.25) is 0 Å². The minimum Gasteiger partial charge on any atom is -0.394 e. The van der Waals surface area contributed by atoms with Gasteiger partial charge in [-0.05, 0) is 56.4 Å². The van der Waals surface area contributed by atoms with Gasteiger partial charge in [0, 0.05) is 12.5 Å². The molecule has 1 saturated heterocycles. The molecule has 9 heteroatoms. The van der Waals surface area contributed by atoms with Crippen molar-refractivity contribution in [2.45, 2.75) is 55.2 Å². The number of aliphatic hydroxyl groups is 1. The van der Waals surface area contributed by atoms with Gasteiger partial charge in [0.15, 0.2) is 0 Å². The third-order valence-electron chi connectivity index (χ3n) is 4.95. The second-order valence-corrected chi connectivity index (χ2v) is 8.85. The Labute approximate surface area is 158 Å². The monoisotopic (exact) mass is 400 g/mol. The zero-order valence-electron chi connectivity index (χ0n) is 14.9. The Hall–Kier alpha value is -1.55. The summed E-state index contributed by atoms with van der Waals surface area (Å²) >= 11 is 0. The number of benzene rings is 1. The predicted molar refractivity (Wildman–Crippen MR) is 95.8 cm³/mol. The van der Waals surface area contributed by atoms with Gasteiger partial charge in [-0.1, -0.05) is 0 Å². The lowest BCUT2D eigenvalue weighted by Crippen LogP contribution is -2.51. The molecule has 27 heavy (non-hydrogen) atoms. The zero-order chi connectivity index (χ0) is 19.4. The second kappa shape index (κ2) is 8.64. The molecule has 1 aliphatic heterocycles. The van der Waals surface area contributed by atoms with E-state index in [1.165, 1.54) is 12.1 Å². The molecule has 7 nitrogen and oxygen atoms in total. The molecule has 2 fully saturated rings. The Morgan fingerprint density at radius 2 is 1.89 bits per heavy atom. The number of hydrogen-bond donors (Lipinski definition) is 3. The molecule has 1 saturated carbocycles. The first kappa shape index (κ1) is 20.2. The molecule has 0 radical (unpaired) electrons. The predicted octanol–water partition coefficient (Wildman–Crippen LogP) is 0.929. The van der Waals surface area contributed by atoms with Crippen LogP contribution in [-0.2, 0) is 19.6 Å². The number of aliphatic hydroxyl groups excluding tert-OH is 1. The van der Waals surface area contributed by atoms with Crippen LogP contribution >= 0.6 is 0 Å². The molecule has 2 aliphatic rings. The summed E-state index contributed by atoms with van der Waals surface area (Å²) in [6.45, 7) is -0.0327. The molecule has 0 spiro atoms. The molecule has 3 atom stereocenters. The van der Waals surface area contributed by atoms with Crippen LogP contribution in [0.15, 0.2) is 29.2 Å². The third-order valence-corrected chi connectivity index (χ3v) is 6.43. The van der Waals surface area contributed by atoms with Gasteiger partial charge in [0.05, 0.1) is 23.6 Å². The lowest BCUT2D eigenvalue weighted by molar-refractivity contribution is -0.129. The largest absolute Gasteiger partial charge is 0.394 e. The normalized spacial score (nSPS) is 25.9. The number of hydrogen-bond acceptors (Lipinski definition) is 5. The summed E-state index contributed by atoms with van der Waals surface area (Å²) in [7, 11) is -3.70. The number of amides is 1. The molecule has 1 aromatic rings. The van der Waals surface area contributed by atoms with Gasteiger partial charge in [-0.15, -0.1) is 0 Å². The number of carbonyl (C=O) groups is 1. The molecule has 0 aromatic heterocycles. The van der Waals surface area contributed by atoms with Crippen molar-refractivity contribution < 1.29 is 27.4 Å². The number of sulfonamides is 1. The van der Waals surface area contributed by atoms with E-state index >= 15 is 0 Å². The highest BCUT2D eigenvalue weighted by Gasteiger charge is 2.36. The first-order valence-electron chi connectivity index (χ1n) is 9.21. The van der Waals surface area contributed by atoms with Crippen molar-refractivity contribution in [1.29, 1.82) is 0 Å². The lowest BCUT2D eigenvalue weighted by atomic mass is 9.97. The highest BCUT2D eigenvalue weighted by atomic mass is 32.2. The number of carbonyl (C=O) groups excluding carboxylic acids is 1. The van der Waals surface area contributed by atoms with Gasteiger partial charge in [-0.2, -0.15) is 0 Å². The Kier molecular flexibility index (Phi) is 6.46. The maximum absolute atomic E-state index is 12.9. The van der Waals surface area contributed by atoms with E-state index in [4.69, 9.17) is 4.74 Å². The van der Waals surface area contributed by atoms with Crippen LogP contribution in [0, 0.1) is 11.7 Å². The van der Waals surface area contributed by atoms with Crippen LogP contribution in [0.25, 0.3) is 0 Å². The molecule has 1 aromatic carbocycles. The Bertz CT molecular complexity index is 752. The number of nitrogens with one attached hydrogen (secondary N) is 2. The van der Waals surface area contributed by atoms with Gasteiger partial charge in [0.1, 0.15) is 11.9 Å².